The molecular formula is C30H52NO4+. The molecule has 0 unspecified atom stereocenters. The number of esters is 1. The summed E-state index contributed by atoms with van der Waals surface area (Å²) in [5.74, 6) is 11.1. The van der Waals surface area contributed by atoms with Gasteiger partial charge in [-0.15, -0.1) is 0 Å². The Morgan fingerprint density at radius 1 is 0.743 bits per heavy atom. The summed E-state index contributed by atoms with van der Waals surface area (Å²) in [6.45, 7) is 2.75. The van der Waals surface area contributed by atoms with Crippen molar-refractivity contribution in [3.05, 3.63) is 0 Å². The average molecular weight is 491 g/mol. The number of unbranched alkanes of at least 4 members (excludes halogenated alkanes) is 14. The Hall–Kier alpha value is -1.98. The standard InChI is InChI=1S/C30H51NO4/c1-5-6-7-8-9-10-11-12-13-14-15-16-17-18-19-20-21-22-23-24-25-30(34)35-28(26-29(32)33)27-31(2,3)4/h28H,5-13,18-27H2,1-4H3/p+1/t28-/m1/s1. The van der Waals surface area contributed by atoms with Gasteiger partial charge in [0.15, 0.2) is 6.10 Å². The Labute approximate surface area is 216 Å². The van der Waals surface area contributed by atoms with Crippen LogP contribution in [0.3, 0.4) is 0 Å². The van der Waals surface area contributed by atoms with E-state index in [1.807, 2.05) is 21.1 Å². The second-order valence-electron chi connectivity index (χ2n) is 10.6. The van der Waals surface area contributed by atoms with Crippen molar-refractivity contribution in [2.45, 2.75) is 129 Å². The first kappa shape index (κ1) is 33.0. The van der Waals surface area contributed by atoms with Crippen LogP contribution in [-0.2, 0) is 14.3 Å². The molecule has 0 aliphatic heterocycles. The molecular weight excluding hydrogens is 438 g/mol. The number of carboxylic acids is 1. The fraction of sp³-hybridized carbons (Fsp3) is 0.800. The number of carbonyl (C=O) groups is 2. The normalized spacial score (nSPS) is 11.7. The van der Waals surface area contributed by atoms with Gasteiger partial charge in [0.2, 0.25) is 0 Å². The van der Waals surface area contributed by atoms with Crippen LogP contribution in [0.5, 0.6) is 0 Å². The number of nitrogens with zero attached hydrogens (tertiary/aromatic N) is 1. The minimum atomic E-state index is -0.938. The van der Waals surface area contributed by atoms with Crippen LogP contribution in [0, 0.1) is 23.7 Å². The molecule has 0 heterocycles. The molecule has 0 aliphatic carbocycles. The molecule has 1 N–H and O–H groups in total. The van der Waals surface area contributed by atoms with E-state index in [1.54, 1.807) is 0 Å². The van der Waals surface area contributed by atoms with E-state index in [4.69, 9.17) is 9.84 Å². The zero-order chi connectivity index (χ0) is 26.2. The highest BCUT2D eigenvalue weighted by Crippen LogP contribution is 2.12. The molecule has 1 atom stereocenters. The van der Waals surface area contributed by atoms with Crippen molar-refractivity contribution in [2.75, 3.05) is 27.7 Å². The summed E-state index contributed by atoms with van der Waals surface area (Å²) in [7, 11) is 5.88. The molecule has 5 heteroatoms. The van der Waals surface area contributed by atoms with Crippen LogP contribution in [-0.4, -0.2) is 55.3 Å². The van der Waals surface area contributed by atoms with Gasteiger partial charge in [0.25, 0.3) is 0 Å². The second kappa shape index (κ2) is 22.5. The summed E-state index contributed by atoms with van der Waals surface area (Å²) in [5.41, 5.74) is 0. The molecule has 0 saturated heterocycles. The van der Waals surface area contributed by atoms with Crippen molar-refractivity contribution in [1.82, 2.24) is 0 Å². The molecule has 0 spiro atoms. The summed E-state index contributed by atoms with van der Waals surface area (Å²) in [5, 5.41) is 9.03. The average Bonchev–Trinajstić information content (AvgIpc) is 2.76. The van der Waals surface area contributed by atoms with Gasteiger partial charge in [-0.25, -0.2) is 0 Å². The Morgan fingerprint density at radius 2 is 1.20 bits per heavy atom. The number of hydrogen-bond donors (Lipinski definition) is 1. The maximum atomic E-state index is 12.1. The first-order valence-corrected chi connectivity index (χ1v) is 13.9. The number of hydrogen-bond acceptors (Lipinski definition) is 3. The van der Waals surface area contributed by atoms with Gasteiger partial charge in [0, 0.05) is 19.3 Å². The molecule has 0 aromatic heterocycles. The highest BCUT2D eigenvalue weighted by atomic mass is 16.5. The maximum Gasteiger partial charge on any atom is 0.307 e. The van der Waals surface area contributed by atoms with E-state index in [1.165, 1.54) is 51.4 Å². The molecule has 0 aromatic rings. The van der Waals surface area contributed by atoms with Crippen LogP contribution >= 0.6 is 0 Å². The summed E-state index contributed by atoms with van der Waals surface area (Å²) in [4.78, 5) is 23.1. The van der Waals surface area contributed by atoms with E-state index in [9.17, 15) is 9.59 Å². The second-order valence-corrected chi connectivity index (χ2v) is 10.6. The van der Waals surface area contributed by atoms with E-state index < -0.39 is 12.1 Å². The van der Waals surface area contributed by atoms with Crippen LogP contribution in [0.4, 0.5) is 0 Å². The molecule has 200 valence electrons. The van der Waals surface area contributed by atoms with Gasteiger partial charge in [-0.2, -0.15) is 0 Å². The lowest BCUT2D eigenvalue weighted by molar-refractivity contribution is -0.873. The van der Waals surface area contributed by atoms with Crippen molar-refractivity contribution in [3.8, 4) is 23.7 Å². The van der Waals surface area contributed by atoms with Crippen LogP contribution in [0.1, 0.15) is 122 Å². The van der Waals surface area contributed by atoms with Gasteiger partial charge >= 0.3 is 11.9 Å². The predicted octanol–water partition coefficient (Wildman–Crippen LogP) is 6.74. The Kier molecular flexibility index (Phi) is 21.2. The quantitative estimate of drug-likeness (QED) is 0.0838. The highest BCUT2D eigenvalue weighted by Gasteiger charge is 2.24. The van der Waals surface area contributed by atoms with Crippen LogP contribution < -0.4 is 0 Å². The van der Waals surface area contributed by atoms with Gasteiger partial charge in [-0.05, 0) is 31.1 Å². The highest BCUT2D eigenvalue weighted by molar-refractivity contribution is 5.71. The lowest BCUT2D eigenvalue weighted by atomic mass is 10.1. The summed E-state index contributed by atoms with van der Waals surface area (Å²) < 4.78 is 5.97. The fourth-order valence-electron chi connectivity index (χ4n) is 3.94. The third-order valence-electron chi connectivity index (χ3n) is 5.78. The van der Waals surface area contributed by atoms with Crippen LogP contribution in [0.2, 0.25) is 0 Å². The molecule has 0 radical (unpaired) electrons. The van der Waals surface area contributed by atoms with E-state index in [0.29, 0.717) is 17.4 Å². The SMILES string of the molecule is CCCCCCCCCCC#CC#CCCCCCCCCC(=O)O[C@H](CC(=O)O)C[N+](C)(C)C. The van der Waals surface area contributed by atoms with Crippen molar-refractivity contribution in [2.24, 2.45) is 0 Å². The number of aliphatic carboxylic acids is 1. The van der Waals surface area contributed by atoms with Crippen molar-refractivity contribution < 1.29 is 23.9 Å². The van der Waals surface area contributed by atoms with Crippen LogP contribution in [0.25, 0.3) is 0 Å². The maximum absolute atomic E-state index is 12.1. The third-order valence-corrected chi connectivity index (χ3v) is 5.78. The number of carbonyl (C=O) groups excluding carboxylic acids is 1. The molecule has 0 rings (SSSR count). The fourth-order valence-corrected chi connectivity index (χ4v) is 3.94. The topological polar surface area (TPSA) is 63.6 Å². The lowest BCUT2D eigenvalue weighted by Gasteiger charge is -2.28. The molecule has 0 saturated carbocycles. The molecule has 0 fully saturated rings. The summed E-state index contributed by atoms with van der Waals surface area (Å²) in [6.07, 6.45) is 18.4. The van der Waals surface area contributed by atoms with E-state index in [2.05, 4.69) is 30.6 Å². The molecule has 0 amide bonds. The van der Waals surface area contributed by atoms with Gasteiger partial charge in [-0.1, -0.05) is 89.4 Å². The number of ether oxygens (including phenoxy) is 1. The first-order valence-electron chi connectivity index (χ1n) is 13.9. The van der Waals surface area contributed by atoms with Crippen molar-refractivity contribution >= 4 is 11.9 Å². The summed E-state index contributed by atoms with van der Waals surface area (Å²) in [6, 6.07) is 0. The molecule has 35 heavy (non-hydrogen) atoms. The Morgan fingerprint density at radius 3 is 1.66 bits per heavy atom. The largest absolute Gasteiger partial charge is 0.481 e. The van der Waals surface area contributed by atoms with Crippen LogP contribution in [0.15, 0.2) is 0 Å². The van der Waals surface area contributed by atoms with Gasteiger partial charge in [0.05, 0.1) is 27.6 Å². The minimum Gasteiger partial charge on any atom is -0.481 e. The smallest absolute Gasteiger partial charge is 0.307 e. The number of quaternary nitrogens is 1. The van der Waals surface area contributed by atoms with Gasteiger partial charge in [0.1, 0.15) is 6.54 Å². The Balaban J connectivity index is 3.65. The van der Waals surface area contributed by atoms with Gasteiger partial charge < -0.3 is 14.3 Å². The molecule has 0 aromatic carbocycles. The van der Waals surface area contributed by atoms with Crippen molar-refractivity contribution in [3.63, 3.8) is 0 Å². The van der Waals surface area contributed by atoms with E-state index >= 15 is 0 Å². The van der Waals surface area contributed by atoms with E-state index in [0.717, 1.165) is 51.4 Å². The summed E-state index contributed by atoms with van der Waals surface area (Å²) >= 11 is 0. The number of rotatable bonds is 21. The molecule has 0 aliphatic rings. The molecule has 0 bridgehead atoms. The zero-order valence-electron chi connectivity index (χ0n) is 23.1. The molecule has 5 nitrogen and oxygen atoms in total. The van der Waals surface area contributed by atoms with Crippen molar-refractivity contribution in [1.29, 1.82) is 0 Å². The Bertz CT molecular complexity index is 672. The zero-order valence-corrected chi connectivity index (χ0v) is 23.1. The predicted molar refractivity (Wildman–Crippen MR) is 145 cm³/mol. The monoisotopic (exact) mass is 490 g/mol. The van der Waals surface area contributed by atoms with E-state index in [-0.39, 0.29) is 12.4 Å². The lowest BCUT2D eigenvalue weighted by Crippen LogP contribution is -2.43. The first-order chi connectivity index (χ1) is 16.7. The minimum absolute atomic E-state index is 0.144. The number of carboxylic acid groups (broad SMARTS) is 1. The van der Waals surface area contributed by atoms with Gasteiger partial charge in [-0.3, -0.25) is 9.59 Å². The number of likely N-dealkylation sites (N-methyl/N-ethyl adjacent to an activating group) is 1. The third kappa shape index (κ3) is 26.5.